The molecule has 3 aromatic carbocycles. The van der Waals surface area contributed by atoms with Gasteiger partial charge < -0.3 is 10.6 Å². The lowest BCUT2D eigenvalue weighted by atomic mass is 10.2. The molecule has 0 heterocycles. The monoisotopic (exact) mass is 509 g/mol. The average Bonchev–Trinajstić information content (AvgIpc) is 2.73. The second-order valence-electron chi connectivity index (χ2n) is 6.51. The molecule has 0 radical (unpaired) electrons. The van der Waals surface area contributed by atoms with Crippen LogP contribution < -0.4 is 15.8 Å². The zero-order valence-electron chi connectivity index (χ0n) is 16.3. The van der Waals surface area contributed by atoms with E-state index in [1.807, 2.05) is 0 Å². The molecule has 0 bridgehead atoms. The Morgan fingerprint density at radius 2 is 1.47 bits per heavy atom. The van der Waals surface area contributed by atoms with Crippen molar-refractivity contribution >= 4 is 68.2 Å². The van der Waals surface area contributed by atoms with Gasteiger partial charge in [-0.2, -0.15) is 0 Å². The Morgan fingerprint density at radius 1 is 0.875 bits per heavy atom. The highest BCUT2D eigenvalue weighted by Gasteiger charge is 2.12. The molecule has 4 N–H and O–H groups in total. The highest BCUT2D eigenvalue weighted by molar-refractivity contribution is 8.00. The van der Waals surface area contributed by atoms with Gasteiger partial charge in [-0.15, -0.1) is 11.8 Å². The standard InChI is InChI=1S/C21H17Cl2N3O4S2/c22-13-1-10-18(19(23)11-13)21(28)26-15-2-6-16(7-3-15)31-12-20(27)25-14-4-8-17(9-5-14)32(24,29)30/h1-11H,12H2,(H,25,27)(H,26,28)(H2,24,29,30). The lowest BCUT2D eigenvalue weighted by Crippen LogP contribution is -2.15. The van der Waals surface area contributed by atoms with Gasteiger partial charge in [0.2, 0.25) is 15.9 Å². The van der Waals surface area contributed by atoms with E-state index in [9.17, 15) is 18.0 Å². The van der Waals surface area contributed by atoms with Crippen molar-refractivity contribution in [2.24, 2.45) is 5.14 Å². The Morgan fingerprint density at radius 3 is 2.06 bits per heavy atom. The Bertz CT molecular complexity index is 1250. The number of amides is 2. The molecule has 0 atom stereocenters. The number of primary sulfonamides is 1. The van der Waals surface area contributed by atoms with Crippen molar-refractivity contribution in [1.29, 1.82) is 0 Å². The first-order valence-corrected chi connectivity index (χ1v) is 12.3. The number of nitrogens with two attached hydrogens (primary N) is 1. The van der Waals surface area contributed by atoms with Crippen LogP contribution in [-0.4, -0.2) is 26.0 Å². The van der Waals surface area contributed by atoms with Crippen LogP contribution in [0, 0.1) is 0 Å². The SMILES string of the molecule is NS(=O)(=O)c1ccc(NC(=O)CSc2ccc(NC(=O)c3ccc(Cl)cc3Cl)cc2)cc1. The average molecular weight is 510 g/mol. The fourth-order valence-corrected chi connectivity index (χ4v) is 4.29. The Hall–Kier alpha value is -2.56. The summed E-state index contributed by atoms with van der Waals surface area (Å²) in [5.74, 6) is -0.476. The molecule has 3 rings (SSSR count). The summed E-state index contributed by atoms with van der Waals surface area (Å²) in [5, 5.41) is 11.2. The smallest absolute Gasteiger partial charge is 0.257 e. The number of hydrogen-bond donors (Lipinski definition) is 3. The Kier molecular flexibility index (Phi) is 7.81. The molecule has 0 aliphatic carbocycles. The number of carbonyl (C=O) groups excluding carboxylic acids is 2. The van der Waals surface area contributed by atoms with Gasteiger partial charge in [0, 0.05) is 21.3 Å². The number of rotatable bonds is 7. The summed E-state index contributed by atoms with van der Waals surface area (Å²) in [5.41, 5.74) is 1.34. The second kappa shape index (κ2) is 10.4. The van der Waals surface area contributed by atoms with E-state index in [4.69, 9.17) is 28.3 Å². The number of anilines is 2. The molecule has 0 aliphatic heterocycles. The predicted octanol–water partition coefficient (Wildman–Crippen LogP) is 4.62. The predicted molar refractivity (Wildman–Crippen MR) is 128 cm³/mol. The summed E-state index contributed by atoms with van der Waals surface area (Å²) in [6.07, 6.45) is 0. The molecule has 7 nitrogen and oxygen atoms in total. The minimum atomic E-state index is -3.78. The minimum absolute atomic E-state index is 0.0320. The molecular formula is C21H17Cl2N3O4S2. The van der Waals surface area contributed by atoms with Crippen molar-refractivity contribution < 1.29 is 18.0 Å². The van der Waals surface area contributed by atoms with Crippen LogP contribution in [0.1, 0.15) is 10.4 Å². The molecular weight excluding hydrogens is 493 g/mol. The van der Waals surface area contributed by atoms with Gasteiger partial charge in [-0.05, 0) is 66.7 Å². The van der Waals surface area contributed by atoms with E-state index in [1.54, 1.807) is 36.4 Å². The van der Waals surface area contributed by atoms with Gasteiger partial charge in [0.1, 0.15) is 0 Å². The summed E-state index contributed by atoms with van der Waals surface area (Å²) in [7, 11) is -3.78. The van der Waals surface area contributed by atoms with Gasteiger partial charge in [-0.1, -0.05) is 23.2 Å². The first kappa shape index (κ1) is 24.1. The molecule has 11 heteroatoms. The van der Waals surface area contributed by atoms with Crippen molar-refractivity contribution in [1.82, 2.24) is 0 Å². The number of nitrogens with one attached hydrogen (secondary N) is 2. The molecule has 0 saturated carbocycles. The van der Waals surface area contributed by atoms with Crippen molar-refractivity contribution in [2.75, 3.05) is 16.4 Å². The van der Waals surface area contributed by atoms with E-state index in [-0.39, 0.29) is 27.5 Å². The fraction of sp³-hybridized carbons (Fsp3) is 0.0476. The van der Waals surface area contributed by atoms with E-state index in [1.165, 1.54) is 42.1 Å². The molecule has 2 amide bonds. The van der Waals surface area contributed by atoms with Crippen molar-refractivity contribution in [3.05, 3.63) is 82.3 Å². The molecule has 0 fully saturated rings. The first-order chi connectivity index (χ1) is 15.1. The number of sulfonamides is 1. The van der Waals surface area contributed by atoms with Gasteiger partial charge in [0.25, 0.3) is 5.91 Å². The van der Waals surface area contributed by atoms with E-state index in [0.717, 1.165) is 4.90 Å². The highest BCUT2D eigenvalue weighted by Crippen LogP contribution is 2.24. The Balaban J connectivity index is 1.52. The zero-order valence-corrected chi connectivity index (χ0v) is 19.5. The molecule has 3 aromatic rings. The van der Waals surface area contributed by atoms with Crippen LogP contribution in [-0.2, 0) is 14.8 Å². The van der Waals surface area contributed by atoms with Gasteiger partial charge in [-0.3, -0.25) is 9.59 Å². The summed E-state index contributed by atoms with van der Waals surface area (Å²) in [4.78, 5) is 25.3. The van der Waals surface area contributed by atoms with Crippen LogP contribution in [0.3, 0.4) is 0 Å². The van der Waals surface area contributed by atoms with Gasteiger partial charge >= 0.3 is 0 Å². The second-order valence-corrected chi connectivity index (χ2v) is 9.96. The van der Waals surface area contributed by atoms with E-state index >= 15 is 0 Å². The summed E-state index contributed by atoms with van der Waals surface area (Å²) in [6.45, 7) is 0. The molecule has 0 spiro atoms. The summed E-state index contributed by atoms with van der Waals surface area (Å²) < 4.78 is 22.5. The molecule has 0 aliphatic rings. The fourth-order valence-electron chi connectivity index (χ4n) is 2.58. The van der Waals surface area contributed by atoms with E-state index < -0.39 is 10.0 Å². The number of benzene rings is 3. The number of hydrogen-bond acceptors (Lipinski definition) is 5. The first-order valence-electron chi connectivity index (χ1n) is 9.04. The molecule has 0 unspecified atom stereocenters. The van der Waals surface area contributed by atoms with Gasteiger partial charge in [0.15, 0.2) is 0 Å². The van der Waals surface area contributed by atoms with Crippen LogP contribution in [0.4, 0.5) is 11.4 Å². The zero-order chi connectivity index (χ0) is 23.3. The van der Waals surface area contributed by atoms with Gasteiger partial charge in [0.05, 0.1) is 21.2 Å². The lowest BCUT2D eigenvalue weighted by molar-refractivity contribution is -0.113. The third-order valence-corrected chi connectivity index (χ3v) is 6.61. The molecule has 32 heavy (non-hydrogen) atoms. The van der Waals surface area contributed by atoms with Crippen LogP contribution in [0.25, 0.3) is 0 Å². The maximum Gasteiger partial charge on any atom is 0.257 e. The van der Waals surface area contributed by atoms with Crippen LogP contribution in [0.2, 0.25) is 10.0 Å². The van der Waals surface area contributed by atoms with Crippen molar-refractivity contribution in [2.45, 2.75) is 9.79 Å². The summed E-state index contributed by atoms with van der Waals surface area (Å²) >= 11 is 13.2. The largest absolute Gasteiger partial charge is 0.325 e. The van der Waals surface area contributed by atoms with Crippen LogP contribution in [0.15, 0.2) is 76.5 Å². The quantitative estimate of drug-likeness (QED) is 0.401. The maximum absolute atomic E-state index is 12.4. The highest BCUT2D eigenvalue weighted by atomic mass is 35.5. The Labute approximate surface area is 199 Å². The van der Waals surface area contributed by atoms with Crippen molar-refractivity contribution in [3.63, 3.8) is 0 Å². The van der Waals surface area contributed by atoms with Gasteiger partial charge in [-0.25, -0.2) is 13.6 Å². The van der Waals surface area contributed by atoms with Crippen LogP contribution >= 0.6 is 35.0 Å². The normalized spacial score (nSPS) is 11.1. The number of thioether (sulfide) groups is 1. The number of carbonyl (C=O) groups is 2. The molecule has 0 saturated heterocycles. The summed E-state index contributed by atoms with van der Waals surface area (Å²) in [6, 6.07) is 17.2. The van der Waals surface area contributed by atoms with Crippen molar-refractivity contribution in [3.8, 4) is 0 Å². The lowest BCUT2D eigenvalue weighted by Gasteiger charge is -2.09. The minimum Gasteiger partial charge on any atom is -0.325 e. The van der Waals surface area contributed by atoms with Crippen LogP contribution in [0.5, 0.6) is 0 Å². The maximum atomic E-state index is 12.4. The third-order valence-electron chi connectivity index (χ3n) is 4.12. The number of halogens is 2. The van der Waals surface area contributed by atoms with E-state index in [2.05, 4.69) is 10.6 Å². The molecule has 166 valence electrons. The topological polar surface area (TPSA) is 118 Å². The third kappa shape index (κ3) is 6.72. The van der Waals surface area contributed by atoms with E-state index in [0.29, 0.717) is 22.0 Å². The molecule has 0 aromatic heterocycles.